The van der Waals surface area contributed by atoms with E-state index in [-0.39, 0.29) is 11.3 Å². The molecule has 3 nitrogen and oxygen atoms in total. The SMILES string of the molecule is CCOP(O)(O)(C1CCCCC1C)C1CCCCC1C. The fraction of sp³-hybridized carbons (Fsp3) is 1.00. The molecule has 20 heavy (non-hydrogen) atoms. The third-order valence-electron chi connectivity index (χ3n) is 5.77. The molecule has 2 saturated carbocycles. The molecule has 4 unspecified atom stereocenters. The van der Waals surface area contributed by atoms with E-state index in [1.807, 2.05) is 6.92 Å². The van der Waals surface area contributed by atoms with Crippen LogP contribution in [0.2, 0.25) is 0 Å². The van der Waals surface area contributed by atoms with E-state index in [2.05, 4.69) is 13.8 Å². The van der Waals surface area contributed by atoms with Gasteiger partial charge in [-0.25, -0.2) is 0 Å². The average molecular weight is 304 g/mol. The summed E-state index contributed by atoms with van der Waals surface area (Å²) in [6.07, 6.45) is 8.73. The summed E-state index contributed by atoms with van der Waals surface area (Å²) in [4.78, 5) is 23.1. The summed E-state index contributed by atoms with van der Waals surface area (Å²) in [5.74, 6) is 0.745. The van der Waals surface area contributed by atoms with Gasteiger partial charge in [0.2, 0.25) is 0 Å². The second-order valence-corrected chi connectivity index (χ2v) is 10.9. The summed E-state index contributed by atoms with van der Waals surface area (Å²) in [5, 5.41) is 0. The Labute approximate surface area is 124 Å². The van der Waals surface area contributed by atoms with Crippen LogP contribution in [0.1, 0.15) is 72.1 Å². The number of hydrogen-bond donors (Lipinski definition) is 2. The first kappa shape index (κ1) is 16.7. The van der Waals surface area contributed by atoms with Crippen LogP contribution in [-0.4, -0.2) is 27.7 Å². The van der Waals surface area contributed by atoms with E-state index in [1.54, 1.807) is 0 Å². The zero-order valence-corrected chi connectivity index (χ0v) is 14.3. The molecule has 0 spiro atoms. The first-order valence-electron chi connectivity index (χ1n) is 8.55. The van der Waals surface area contributed by atoms with Crippen molar-refractivity contribution in [1.29, 1.82) is 0 Å². The van der Waals surface area contributed by atoms with Gasteiger partial charge in [-0.3, -0.25) is 0 Å². The van der Waals surface area contributed by atoms with Gasteiger partial charge in [0.1, 0.15) is 0 Å². The second kappa shape index (κ2) is 6.20. The maximum atomic E-state index is 11.5. The van der Waals surface area contributed by atoms with Gasteiger partial charge in [0.25, 0.3) is 0 Å². The van der Waals surface area contributed by atoms with Crippen molar-refractivity contribution in [2.24, 2.45) is 11.8 Å². The fourth-order valence-corrected chi connectivity index (χ4v) is 9.69. The van der Waals surface area contributed by atoms with Crippen LogP contribution in [0, 0.1) is 11.8 Å². The quantitative estimate of drug-likeness (QED) is 0.754. The Morgan fingerprint density at radius 3 is 1.60 bits per heavy atom. The molecule has 0 aromatic rings. The van der Waals surface area contributed by atoms with Crippen molar-refractivity contribution in [2.45, 2.75) is 83.5 Å². The fourth-order valence-electron chi connectivity index (χ4n) is 4.74. The molecule has 2 aliphatic rings. The van der Waals surface area contributed by atoms with Crippen LogP contribution in [0.5, 0.6) is 0 Å². The molecule has 0 bridgehead atoms. The van der Waals surface area contributed by atoms with Crippen molar-refractivity contribution in [1.82, 2.24) is 0 Å². The van der Waals surface area contributed by atoms with Gasteiger partial charge in [-0.15, -0.1) is 0 Å². The third kappa shape index (κ3) is 2.92. The van der Waals surface area contributed by atoms with Crippen molar-refractivity contribution in [3.8, 4) is 0 Å². The molecule has 0 heterocycles. The zero-order valence-electron chi connectivity index (χ0n) is 13.4. The molecule has 0 radical (unpaired) electrons. The molecule has 0 aromatic heterocycles. The first-order chi connectivity index (χ1) is 9.39. The van der Waals surface area contributed by atoms with Crippen LogP contribution < -0.4 is 0 Å². The summed E-state index contributed by atoms with van der Waals surface area (Å²) in [6, 6.07) is 0. The summed E-state index contributed by atoms with van der Waals surface area (Å²) >= 11 is 0. The summed E-state index contributed by atoms with van der Waals surface area (Å²) < 4.78 is 5.88. The van der Waals surface area contributed by atoms with Gasteiger partial charge in [0.15, 0.2) is 0 Å². The van der Waals surface area contributed by atoms with Crippen molar-refractivity contribution in [2.75, 3.05) is 6.61 Å². The predicted molar refractivity (Wildman–Crippen MR) is 85.8 cm³/mol. The van der Waals surface area contributed by atoms with Crippen LogP contribution in [0.4, 0.5) is 0 Å². The number of rotatable bonds is 4. The van der Waals surface area contributed by atoms with Crippen LogP contribution in [-0.2, 0) is 4.52 Å². The van der Waals surface area contributed by atoms with Crippen molar-refractivity contribution in [3.05, 3.63) is 0 Å². The minimum absolute atomic E-state index is 0.0275. The molecule has 2 aliphatic carbocycles. The molecule has 0 amide bonds. The van der Waals surface area contributed by atoms with Crippen LogP contribution in [0.3, 0.4) is 0 Å². The Morgan fingerprint density at radius 2 is 1.25 bits per heavy atom. The van der Waals surface area contributed by atoms with Crippen LogP contribution in [0.15, 0.2) is 0 Å². The van der Waals surface area contributed by atoms with E-state index in [0.717, 1.165) is 38.5 Å². The third-order valence-corrected chi connectivity index (χ3v) is 10.6. The maximum absolute atomic E-state index is 11.5. The molecule has 0 saturated heterocycles. The molecule has 2 fully saturated rings. The standard InChI is InChI=1S/C16H33O3P/c1-4-19-20(17,18,15-11-7-5-9-13(15)2)16-12-8-6-10-14(16)3/h13-18H,4-12H2,1-3H3. The average Bonchev–Trinajstić information content (AvgIpc) is 2.39. The van der Waals surface area contributed by atoms with E-state index in [1.165, 1.54) is 12.8 Å². The molecule has 2 N–H and O–H groups in total. The molecule has 0 aromatic carbocycles. The molecule has 120 valence electrons. The van der Waals surface area contributed by atoms with Crippen molar-refractivity contribution in [3.63, 3.8) is 0 Å². The Kier molecular flexibility index (Phi) is 5.17. The van der Waals surface area contributed by atoms with E-state index in [4.69, 9.17) is 4.52 Å². The Hall–Kier alpha value is 0.310. The van der Waals surface area contributed by atoms with E-state index in [0.29, 0.717) is 18.4 Å². The van der Waals surface area contributed by atoms with Gasteiger partial charge in [-0.2, -0.15) is 0 Å². The van der Waals surface area contributed by atoms with E-state index < -0.39 is 7.28 Å². The molecular formula is C16H33O3P. The normalized spacial score (nSPS) is 38.1. The first-order valence-corrected chi connectivity index (χ1v) is 10.7. The number of hydrogen-bond acceptors (Lipinski definition) is 3. The summed E-state index contributed by atoms with van der Waals surface area (Å²) in [7, 11) is -4.07. The molecule has 0 aliphatic heterocycles. The zero-order chi connectivity index (χ0) is 14.8. The van der Waals surface area contributed by atoms with Gasteiger partial charge >= 0.3 is 123 Å². The molecule has 2 rings (SSSR count). The molecular weight excluding hydrogens is 271 g/mol. The van der Waals surface area contributed by atoms with Crippen molar-refractivity contribution < 1.29 is 14.3 Å². The summed E-state index contributed by atoms with van der Waals surface area (Å²) in [5.41, 5.74) is -0.0551. The van der Waals surface area contributed by atoms with Crippen LogP contribution in [0.25, 0.3) is 0 Å². The van der Waals surface area contributed by atoms with E-state index >= 15 is 0 Å². The Bertz CT molecular complexity index is 306. The van der Waals surface area contributed by atoms with Gasteiger partial charge in [0.05, 0.1) is 0 Å². The van der Waals surface area contributed by atoms with Crippen LogP contribution >= 0.6 is 7.28 Å². The van der Waals surface area contributed by atoms with Gasteiger partial charge < -0.3 is 0 Å². The topological polar surface area (TPSA) is 49.7 Å². The Balaban J connectivity index is 2.33. The van der Waals surface area contributed by atoms with Crippen molar-refractivity contribution >= 4 is 7.28 Å². The Morgan fingerprint density at radius 1 is 0.850 bits per heavy atom. The monoisotopic (exact) mass is 304 g/mol. The van der Waals surface area contributed by atoms with Gasteiger partial charge in [-0.1, -0.05) is 0 Å². The summed E-state index contributed by atoms with van der Waals surface area (Å²) in [6.45, 7) is 6.68. The van der Waals surface area contributed by atoms with E-state index in [9.17, 15) is 9.79 Å². The van der Waals surface area contributed by atoms with Gasteiger partial charge in [-0.05, 0) is 0 Å². The second-order valence-electron chi connectivity index (χ2n) is 7.15. The molecule has 4 atom stereocenters. The van der Waals surface area contributed by atoms with Gasteiger partial charge in [0, 0.05) is 0 Å². The molecule has 4 heteroatoms. The predicted octanol–water partition coefficient (Wildman–Crippen LogP) is 4.46. The minimum atomic E-state index is -4.07.